The number of H-pyrrole nitrogens is 2. The molecule has 3 N–H and O–H groups in total. The minimum absolute atomic E-state index is 0.0670. The minimum Gasteiger partial charge on any atom is -0.496 e. The molecule has 0 aliphatic rings. The summed E-state index contributed by atoms with van der Waals surface area (Å²) in [6.45, 7) is 0. The highest BCUT2D eigenvalue weighted by Crippen LogP contribution is 2.37. The van der Waals surface area contributed by atoms with Crippen molar-refractivity contribution in [1.82, 2.24) is 15.0 Å². The second-order valence-electron chi connectivity index (χ2n) is 4.85. The van der Waals surface area contributed by atoms with Gasteiger partial charge in [-0.25, -0.2) is 4.98 Å². The second-order valence-corrected chi connectivity index (χ2v) is 6.24. The van der Waals surface area contributed by atoms with E-state index >= 15 is 0 Å². The summed E-state index contributed by atoms with van der Waals surface area (Å²) in [5.41, 5.74) is 0.823. The van der Waals surface area contributed by atoms with Crippen LogP contribution >= 0.6 is 0 Å². The number of imidazole rings is 1. The maximum absolute atomic E-state index is 11.6. The molecule has 0 saturated carbocycles. The van der Waals surface area contributed by atoms with Crippen LogP contribution < -0.4 is 15.0 Å². The van der Waals surface area contributed by atoms with Gasteiger partial charge in [-0.3, -0.25) is 9.35 Å². The average molecular weight is 351 g/mol. The third-order valence-corrected chi connectivity index (χ3v) is 4.27. The summed E-state index contributed by atoms with van der Waals surface area (Å²) in [5, 5.41) is 0. The Morgan fingerprint density at radius 1 is 1.08 bits per heavy atom. The fraction of sp³-hybridized carbons (Fsp3) is 0.143. The largest absolute Gasteiger partial charge is 0.496 e. The first-order chi connectivity index (χ1) is 11.3. The van der Waals surface area contributed by atoms with E-state index in [0.717, 1.165) is 0 Å². The molecule has 0 atom stereocenters. The first-order valence-corrected chi connectivity index (χ1v) is 8.10. The molecule has 0 unspecified atom stereocenters. The van der Waals surface area contributed by atoms with Crippen molar-refractivity contribution in [1.29, 1.82) is 0 Å². The fourth-order valence-electron chi connectivity index (χ4n) is 2.30. The number of fused-ring (bicyclic) bond motifs is 1. The van der Waals surface area contributed by atoms with Gasteiger partial charge in [0.1, 0.15) is 22.2 Å². The lowest BCUT2D eigenvalue weighted by atomic mass is 10.2. The molecule has 2 aromatic heterocycles. The molecule has 0 saturated heterocycles. The molecule has 9 nitrogen and oxygen atoms in total. The second kappa shape index (κ2) is 5.65. The maximum Gasteiger partial charge on any atom is 0.298 e. The highest BCUT2D eigenvalue weighted by atomic mass is 32.2. The lowest BCUT2D eigenvalue weighted by Crippen LogP contribution is -2.03. The number of benzene rings is 1. The zero-order chi connectivity index (χ0) is 17.5. The molecule has 0 amide bonds. The molecule has 0 radical (unpaired) electrons. The molecule has 3 aromatic rings. The van der Waals surface area contributed by atoms with Gasteiger partial charge in [-0.1, -0.05) is 0 Å². The number of hydrogen-bond acceptors (Lipinski definition) is 6. The van der Waals surface area contributed by atoms with E-state index in [1.54, 1.807) is 6.07 Å². The monoisotopic (exact) mass is 351 g/mol. The first kappa shape index (κ1) is 16.0. The number of hydrogen-bond donors (Lipinski definition) is 3. The lowest BCUT2D eigenvalue weighted by molar-refractivity contribution is 0.383. The van der Waals surface area contributed by atoms with Gasteiger partial charge in [0.05, 0.1) is 25.3 Å². The summed E-state index contributed by atoms with van der Waals surface area (Å²) < 4.78 is 42.7. The zero-order valence-corrected chi connectivity index (χ0v) is 13.5. The van der Waals surface area contributed by atoms with E-state index in [1.807, 2.05) is 0 Å². The predicted octanol–water partition coefficient (Wildman–Crippen LogP) is 1.18. The Hall–Kier alpha value is -2.85. The number of methoxy groups -OCH3 is 2. The highest BCUT2D eigenvalue weighted by molar-refractivity contribution is 7.86. The van der Waals surface area contributed by atoms with Crippen molar-refractivity contribution in [2.75, 3.05) is 14.2 Å². The van der Waals surface area contributed by atoms with Crippen LogP contribution in [-0.2, 0) is 10.1 Å². The van der Waals surface area contributed by atoms with E-state index in [0.29, 0.717) is 11.2 Å². The Kier molecular flexibility index (Phi) is 3.78. The van der Waals surface area contributed by atoms with Crippen LogP contribution in [-0.4, -0.2) is 42.1 Å². The zero-order valence-electron chi connectivity index (χ0n) is 12.7. The molecule has 0 fully saturated rings. The van der Waals surface area contributed by atoms with Crippen molar-refractivity contribution in [2.24, 2.45) is 0 Å². The molecule has 24 heavy (non-hydrogen) atoms. The van der Waals surface area contributed by atoms with Crippen molar-refractivity contribution < 1.29 is 22.4 Å². The van der Waals surface area contributed by atoms with Gasteiger partial charge in [0.2, 0.25) is 5.56 Å². The molecular weight excluding hydrogens is 338 g/mol. The van der Waals surface area contributed by atoms with Crippen molar-refractivity contribution in [3.8, 4) is 22.9 Å². The Labute approximate surface area is 136 Å². The summed E-state index contributed by atoms with van der Waals surface area (Å²) >= 11 is 0. The number of rotatable bonds is 4. The molecule has 0 bridgehead atoms. The molecule has 3 rings (SSSR count). The average Bonchev–Trinajstić information content (AvgIpc) is 2.95. The van der Waals surface area contributed by atoms with Crippen LogP contribution in [0.2, 0.25) is 0 Å². The highest BCUT2D eigenvalue weighted by Gasteiger charge is 2.22. The quantitative estimate of drug-likeness (QED) is 0.601. The summed E-state index contributed by atoms with van der Waals surface area (Å²) in [7, 11) is -1.85. The van der Waals surface area contributed by atoms with E-state index in [1.165, 1.54) is 32.4 Å². The van der Waals surface area contributed by atoms with Gasteiger partial charge in [0, 0.05) is 12.1 Å². The van der Waals surface area contributed by atoms with Crippen molar-refractivity contribution >= 4 is 21.3 Å². The number of aromatic nitrogens is 3. The molecule has 126 valence electrons. The van der Waals surface area contributed by atoms with Gasteiger partial charge in [0.25, 0.3) is 10.1 Å². The molecule has 0 aliphatic heterocycles. The topological polar surface area (TPSA) is 134 Å². The van der Waals surface area contributed by atoms with E-state index in [9.17, 15) is 17.8 Å². The normalized spacial score (nSPS) is 11.6. The smallest absolute Gasteiger partial charge is 0.298 e. The third-order valence-electron chi connectivity index (χ3n) is 3.39. The summed E-state index contributed by atoms with van der Waals surface area (Å²) in [4.78, 5) is 20.7. The van der Waals surface area contributed by atoms with Gasteiger partial charge in [0.15, 0.2) is 5.65 Å². The number of aromatic amines is 2. The van der Waals surface area contributed by atoms with E-state index in [2.05, 4.69) is 15.0 Å². The van der Waals surface area contributed by atoms with Crippen molar-refractivity contribution in [3.63, 3.8) is 0 Å². The van der Waals surface area contributed by atoms with Crippen LogP contribution in [0.5, 0.6) is 11.5 Å². The number of pyridine rings is 1. The number of ether oxygens (including phenoxy) is 2. The predicted molar refractivity (Wildman–Crippen MR) is 85.1 cm³/mol. The van der Waals surface area contributed by atoms with Gasteiger partial charge < -0.3 is 19.4 Å². The summed E-state index contributed by atoms with van der Waals surface area (Å²) in [6, 6.07) is 5.39. The van der Waals surface area contributed by atoms with Crippen LogP contribution in [0.25, 0.3) is 22.6 Å². The Morgan fingerprint density at radius 3 is 2.42 bits per heavy atom. The number of nitrogens with one attached hydrogen (secondary N) is 2. The van der Waals surface area contributed by atoms with Crippen LogP contribution in [0.15, 0.2) is 34.0 Å². The molecule has 0 spiro atoms. The van der Waals surface area contributed by atoms with Gasteiger partial charge in [-0.05, 0) is 12.1 Å². The van der Waals surface area contributed by atoms with Crippen molar-refractivity contribution in [3.05, 3.63) is 34.6 Å². The SMILES string of the molecule is COc1cc(OC)c(S(=O)(=O)O)cc1-c1nc2[nH]c(=O)ccc2[nH]1. The molecule has 0 aliphatic carbocycles. The molecule has 10 heteroatoms. The Bertz CT molecular complexity index is 1080. The van der Waals surface area contributed by atoms with E-state index in [-0.39, 0.29) is 28.4 Å². The molecule has 1 aromatic carbocycles. The van der Waals surface area contributed by atoms with Crippen molar-refractivity contribution in [2.45, 2.75) is 4.90 Å². The minimum atomic E-state index is -4.52. The van der Waals surface area contributed by atoms with Crippen LogP contribution in [0, 0.1) is 0 Å². The molecular formula is C14H13N3O6S. The summed E-state index contributed by atoms with van der Waals surface area (Å²) in [6.07, 6.45) is 0. The van der Waals surface area contributed by atoms with Crippen LogP contribution in [0.3, 0.4) is 0 Å². The fourth-order valence-corrected chi connectivity index (χ4v) is 2.97. The van der Waals surface area contributed by atoms with E-state index in [4.69, 9.17) is 9.47 Å². The Morgan fingerprint density at radius 2 is 1.79 bits per heavy atom. The van der Waals surface area contributed by atoms with Gasteiger partial charge in [-0.2, -0.15) is 8.42 Å². The van der Waals surface area contributed by atoms with Crippen LogP contribution in [0.4, 0.5) is 0 Å². The number of nitrogens with zero attached hydrogens (tertiary/aromatic N) is 1. The maximum atomic E-state index is 11.6. The Balaban J connectivity index is 2.30. The van der Waals surface area contributed by atoms with Gasteiger partial charge in [-0.15, -0.1) is 0 Å². The lowest BCUT2D eigenvalue weighted by Gasteiger charge is -2.12. The standard InChI is InChI=1S/C14H13N3O6S/c1-22-9-6-10(23-2)11(24(19,20)21)5-7(9)13-15-8-3-4-12(18)16-14(8)17-13/h3-6H,1-2H3,(H,19,20,21)(H2,15,16,17,18). The van der Waals surface area contributed by atoms with E-state index < -0.39 is 15.0 Å². The third kappa shape index (κ3) is 2.72. The van der Waals surface area contributed by atoms with Gasteiger partial charge >= 0.3 is 0 Å². The van der Waals surface area contributed by atoms with Crippen LogP contribution in [0.1, 0.15) is 0 Å². The summed E-state index contributed by atoms with van der Waals surface area (Å²) in [5.74, 6) is 0.472. The molecule has 2 heterocycles. The first-order valence-electron chi connectivity index (χ1n) is 6.66.